The van der Waals surface area contributed by atoms with Crippen molar-refractivity contribution in [2.24, 2.45) is 5.73 Å². The van der Waals surface area contributed by atoms with E-state index in [4.69, 9.17) is 5.73 Å². The first-order valence-electron chi connectivity index (χ1n) is 9.38. The molecule has 0 radical (unpaired) electrons. The van der Waals surface area contributed by atoms with E-state index in [1.807, 2.05) is 12.1 Å². The van der Waals surface area contributed by atoms with E-state index in [0.29, 0.717) is 24.9 Å². The molecule has 1 atom stereocenters. The second-order valence-electron chi connectivity index (χ2n) is 6.70. The molecule has 3 N–H and O–H groups in total. The van der Waals surface area contributed by atoms with Crippen molar-refractivity contribution in [2.45, 2.75) is 31.5 Å². The third-order valence-electron chi connectivity index (χ3n) is 4.55. The lowest BCUT2D eigenvalue weighted by atomic mass is 10.0. The van der Waals surface area contributed by atoms with Crippen molar-refractivity contribution in [1.29, 1.82) is 0 Å². The Morgan fingerprint density at radius 3 is 2.47 bits per heavy atom. The van der Waals surface area contributed by atoms with Crippen LogP contribution >= 0.6 is 11.3 Å². The van der Waals surface area contributed by atoms with Crippen LogP contribution in [0.5, 0.6) is 0 Å². The molecule has 0 aliphatic rings. The van der Waals surface area contributed by atoms with E-state index in [-0.39, 0.29) is 11.4 Å². The van der Waals surface area contributed by atoms with E-state index in [1.54, 1.807) is 12.1 Å². The fourth-order valence-electron chi connectivity index (χ4n) is 3.05. The van der Waals surface area contributed by atoms with Crippen LogP contribution < -0.4 is 11.1 Å². The molecule has 2 aromatic carbocycles. The highest BCUT2D eigenvalue weighted by Crippen LogP contribution is 2.32. The zero-order valence-electron chi connectivity index (χ0n) is 15.9. The highest BCUT2D eigenvalue weighted by molar-refractivity contribution is 7.20. The number of aromatic nitrogens is 1. The molecule has 0 saturated carbocycles. The monoisotopic (exact) mass is 435 g/mol. The van der Waals surface area contributed by atoms with Gasteiger partial charge in [0.2, 0.25) is 5.78 Å². The summed E-state index contributed by atoms with van der Waals surface area (Å²) in [6, 6.07) is 10.7. The molecule has 158 valence electrons. The summed E-state index contributed by atoms with van der Waals surface area (Å²) in [5.74, 6) is -1.37. The van der Waals surface area contributed by atoms with Gasteiger partial charge in [0.05, 0.1) is 27.4 Å². The molecule has 0 saturated heterocycles. The summed E-state index contributed by atoms with van der Waals surface area (Å²) in [7, 11) is 0. The minimum atomic E-state index is -4.68. The molecular formula is C21H20F3N3O2S. The van der Waals surface area contributed by atoms with Crippen molar-refractivity contribution in [2.75, 3.05) is 6.54 Å². The van der Waals surface area contributed by atoms with Crippen molar-refractivity contribution >= 4 is 33.2 Å². The largest absolute Gasteiger partial charge is 0.417 e. The Kier molecular flexibility index (Phi) is 6.84. The second-order valence-corrected chi connectivity index (χ2v) is 7.74. The summed E-state index contributed by atoms with van der Waals surface area (Å²) >= 11 is 1.19. The number of fused-ring (bicyclic) bond motifs is 1. The number of benzene rings is 2. The van der Waals surface area contributed by atoms with Gasteiger partial charge in [-0.3, -0.25) is 9.59 Å². The first-order chi connectivity index (χ1) is 14.3. The first-order valence-corrected chi connectivity index (χ1v) is 10.2. The number of para-hydroxylation sites is 1. The van der Waals surface area contributed by atoms with E-state index in [2.05, 4.69) is 10.3 Å². The summed E-state index contributed by atoms with van der Waals surface area (Å²) in [5.41, 5.74) is 4.59. The molecule has 0 fully saturated rings. The maximum Gasteiger partial charge on any atom is 0.417 e. The van der Waals surface area contributed by atoms with Crippen LogP contribution in [0.2, 0.25) is 0 Å². The maximum absolute atomic E-state index is 13.3. The lowest BCUT2D eigenvalue weighted by molar-refractivity contribution is -0.137. The molecule has 1 aromatic heterocycles. The average Bonchev–Trinajstić information content (AvgIpc) is 3.16. The van der Waals surface area contributed by atoms with Gasteiger partial charge in [-0.1, -0.05) is 24.3 Å². The zero-order chi connectivity index (χ0) is 21.7. The van der Waals surface area contributed by atoms with Crippen LogP contribution in [-0.2, 0) is 6.18 Å². The quantitative estimate of drug-likeness (QED) is 0.405. The highest BCUT2D eigenvalue weighted by Gasteiger charge is 2.35. The van der Waals surface area contributed by atoms with Gasteiger partial charge in [0.25, 0.3) is 5.91 Å². The number of halogens is 3. The van der Waals surface area contributed by atoms with Crippen LogP contribution in [0.4, 0.5) is 13.2 Å². The van der Waals surface area contributed by atoms with E-state index in [1.165, 1.54) is 23.5 Å². The minimum Gasteiger partial charge on any atom is -0.342 e. The number of nitrogens with zero attached hydrogens (tertiary/aromatic N) is 1. The minimum absolute atomic E-state index is 0.207. The number of unbranched alkanes of at least 4 members (excludes halogenated alkanes) is 1. The van der Waals surface area contributed by atoms with E-state index >= 15 is 0 Å². The fraction of sp³-hybridized carbons (Fsp3) is 0.286. The third kappa shape index (κ3) is 5.03. The number of hydrogen-bond acceptors (Lipinski definition) is 5. The summed E-state index contributed by atoms with van der Waals surface area (Å²) < 4.78 is 40.6. The van der Waals surface area contributed by atoms with E-state index in [0.717, 1.165) is 16.8 Å². The number of alkyl halides is 3. The number of rotatable bonds is 8. The Labute approximate surface area is 175 Å². The Hall–Kier alpha value is -2.78. The third-order valence-corrected chi connectivity index (χ3v) is 5.60. The Morgan fingerprint density at radius 2 is 1.77 bits per heavy atom. The first kappa shape index (κ1) is 21.9. The van der Waals surface area contributed by atoms with Gasteiger partial charge in [0.15, 0.2) is 5.01 Å². The Morgan fingerprint density at radius 1 is 1.07 bits per heavy atom. The SMILES string of the molecule is NCCCC[C@H](NC(=O)c1ccccc1C(F)(F)F)C(=O)c1nc2ccccc2s1. The summed E-state index contributed by atoms with van der Waals surface area (Å²) in [4.78, 5) is 30.0. The van der Waals surface area contributed by atoms with Crippen LogP contribution in [-0.4, -0.2) is 29.3 Å². The number of carbonyl (C=O) groups is 2. The van der Waals surface area contributed by atoms with Crippen molar-refractivity contribution in [3.05, 3.63) is 64.7 Å². The molecule has 0 aliphatic carbocycles. The van der Waals surface area contributed by atoms with Gasteiger partial charge in [-0.25, -0.2) is 4.98 Å². The maximum atomic E-state index is 13.3. The lowest BCUT2D eigenvalue weighted by Gasteiger charge is -2.18. The summed E-state index contributed by atoms with van der Waals surface area (Å²) in [6.45, 7) is 0.410. The molecule has 5 nitrogen and oxygen atoms in total. The van der Waals surface area contributed by atoms with Crippen LogP contribution in [0, 0.1) is 0 Å². The number of Topliss-reactive ketones (excluding diaryl/α,β-unsaturated/α-hetero) is 1. The molecule has 0 aliphatic heterocycles. The number of nitrogens with one attached hydrogen (secondary N) is 1. The van der Waals surface area contributed by atoms with E-state index < -0.39 is 35.0 Å². The molecular weight excluding hydrogens is 415 g/mol. The van der Waals surface area contributed by atoms with Gasteiger partial charge >= 0.3 is 6.18 Å². The van der Waals surface area contributed by atoms with Crippen molar-refractivity contribution < 1.29 is 22.8 Å². The van der Waals surface area contributed by atoms with Crippen LogP contribution in [0.1, 0.15) is 45.0 Å². The molecule has 1 heterocycles. The Bertz CT molecular complexity index is 1020. The zero-order valence-corrected chi connectivity index (χ0v) is 16.7. The van der Waals surface area contributed by atoms with Crippen molar-refractivity contribution in [1.82, 2.24) is 10.3 Å². The predicted octanol–water partition coefficient (Wildman–Crippen LogP) is 4.43. The average molecular weight is 435 g/mol. The van der Waals surface area contributed by atoms with Gasteiger partial charge in [0.1, 0.15) is 0 Å². The van der Waals surface area contributed by atoms with Gasteiger partial charge in [-0.05, 0) is 50.1 Å². The molecule has 30 heavy (non-hydrogen) atoms. The number of carbonyl (C=O) groups excluding carboxylic acids is 2. The van der Waals surface area contributed by atoms with Crippen molar-refractivity contribution in [3.63, 3.8) is 0 Å². The summed E-state index contributed by atoms with van der Waals surface area (Å²) in [6.07, 6.45) is -3.26. The highest BCUT2D eigenvalue weighted by atomic mass is 32.1. The number of amides is 1. The number of hydrogen-bond donors (Lipinski definition) is 2. The molecule has 3 aromatic rings. The van der Waals surface area contributed by atoms with E-state index in [9.17, 15) is 22.8 Å². The van der Waals surface area contributed by atoms with Gasteiger partial charge < -0.3 is 11.1 Å². The molecule has 1 amide bonds. The topological polar surface area (TPSA) is 85.1 Å². The predicted molar refractivity (Wildman–Crippen MR) is 110 cm³/mol. The van der Waals surface area contributed by atoms with Crippen molar-refractivity contribution in [3.8, 4) is 0 Å². The van der Waals surface area contributed by atoms with Crippen LogP contribution in [0.3, 0.4) is 0 Å². The van der Waals surface area contributed by atoms with Crippen LogP contribution in [0.15, 0.2) is 48.5 Å². The van der Waals surface area contributed by atoms with Crippen LogP contribution in [0.25, 0.3) is 10.2 Å². The summed E-state index contributed by atoms with van der Waals surface area (Å²) in [5, 5.41) is 2.69. The molecule has 0 unspecified atom stereocenters. The fourth-order valence-corrected chi connectivity index (χ4v) is 4.01. The number of ketones is 1. The molecule has 0 spiro atoms. The lowest BCUT2D eigenvalue weighted by Crippen LogP contribution is -2.41. The second kappa shape index (κ2) is 9.36. The normalized spacial score (nSPS) is 12.7. The number of nitrogens with two attached hydrogens (primary N) is 1. The Balaban J connectivity index is 1.87. The molecule has 0 bridgehead atoms. The standard InChI is InChI=1S/C21H20F3N3O2S/c22-21(23,24)14-8-2-1-7-13(14)19(29)26-16(10-5-6-12-25)18(28)20-27-15-9-3-4-11-17(15)30-20/h1-4,7-9,11,16H,5-6,10,12,25H2,(H,26,29)/t16-/m0/s1. The van der Waals surface area contributed by atoms with Gasteiger partial charge in [-0.2, -0.15) is 13.2 Å². The van der Waals surface area contributed by atoms with Gasteiger partial charge in [-0.15, -0.1) is 11.3 Å². The smallest absolute Gasteiger partial charge is 0.342 e. The number of thiazole rings is 1. The molecule has 9 heteroatoms. The molecule has 3 rings (SSSR count). The van der Waals surface area contributed by atoms with Gasteiger partial charge in [0, 0.05) is 0 Å².